The normalized spacial score (nSPS) is 10.3. The molecule has 0 saturated carbocycles. The summed E-state index contributed by atoms with van der Waals surface area (Å²) in [4.78, 5) is 4.01. The van der Waals surface area contributed by atoms with E-state index in [1.54, 1.807) is 18.5 Å². The maximum absolute atomic E-state index is 6.09. The number of anilines is 2. The summed E-state index contributed by atoms with van der Waals surface area (Å²) in [7, 11) is 0. The van der Waals surface area contributed by atoms with E-state index in [-0.39, 0.29) is 0 Å². The zero-order valence-corrected chi connectivity index (χ0v) is 11.2. The van der Waals surface area contributed by atoms with Crippen LogP contribution in [-0.4, -0.2) is 11.5 Å². The third-order valence-corrected chi connectivity index (χ3v) is 3.08. The molecule has 0 saturated heterocycles. The van der Waals surface area contributed by atoms with E-state index in [0.29, 0.717) is 15.7 Å². The fourth-order valence-corrected chi connectivity index (χ4v) is 2.12. The second kappa shape index (κ2) is 5.94. The van der Waals surface area contributed by atoms with Gasteiger partial charge in [-0.3, -0.25) is 4.98 Å². The molecule has 5 heteroatoms. The SMILES string of the molecule is Nc1cncc(NCCc2ccc(Cl)cc2Cl)c1. The Labute approximate surface area is 116 Å². The van der Waals surface area contributed by atoms with Crippen LogP contribution in [0.25, 0.3) is 0 Å². The second-order valence-electron chi connectivity index (χ2n) is 3.92. The minimum Gasteiger partial charge on any atom is -0.397 e. The number of nitrogens with two attached hydrogens (primary N) is 1. The smallest absolute Gasteiger partial charge is 0.0547 e. The average Bonchev–Trinajstić information content (AvgIpc) is 2.32. The number of nitrogens with one attached hydrogen (secondary N) is 1. The number of benzene rings is 1. The van der Waals surface area contributed by atoms with E-state index < -0.39 is 0 Å². The van der Waals surface area contributed by atoms with Gasteiger partial charge in [-0.25, -0.2) is 0 Å². The molecule has 0 unspecified atom stereocenters. The summed E-state index contributed by atoms with van der Waals surface area (Å²) in [6.45, 7) is 0.756. The first-order valence-corrected chi connectivity index (χ1v) is 6.29. The van der Waals surface area contributed by atoms with E-state index in [9.17, 15) is 0 Å². The van der Waals surface area contributed by atoms with Crippen LogP contribution in [-0.2, 0) is 6.42 Å². The number of aromatic nitrogens is 1. The maximum atomic E-state index is 6.09. The Morgan fingerprint density at radius 2 is 2.00 bits per heavy atom. The Kier molecular flexibility index (Phi) is 4.28. The number of nitrogen functional groups attached to an aromatic ring is 1. The van der Waals surface area contributed by atoms with E-state index in [4.69, 9.17) is 28.9 Å². The predicted octanol–water partition coefficient (Wildman–Crippen LogP) is 3.63. The quantitative estimate of drug-likeness (QED) is 0.900. The third kappa shape index (κ3) is 3.52. The van der Waals surface area contributed by atoms with Crippen molar-refractivity contribution >= 4 is 34.6 Å². The molecule has 0 spiro atoms. The van der Waals surface area contributed by atoms with Crippen molar-refractivity contribution in [3.63, 3.8) is 0 Å². The molecule has 0 bridgehead atoms. The molecule has 3 nitrogen and oxygen atoms in total. The summed E-state index contributed by atoms with van der Waals surface area (Å²) in [5.41, 5.74) is 8.25. The van der Waals surface area contributed by atoms with Crippen molar-refractivity contribution < 1.29 is 0 Å². The average molecular weight is 282 g/mol. The molecular weight excluding hydrogens is 269 g/mol. The van der Waals surface area contributed by atoms with Crippen LogP contribution < -0.4 is 11.1 Å². The molecule has 1 aromatic carbocycles. The zero-order valence-electron chi connectivity index (χ0n) is 9.66. The number of hydrogen-bond donors (Lipinski definition) is 2. The van der Waals surface area contributed by atoms with Crippen LogP contribution in [0.15, 0.2) is 36.7 Å². The van der Waals surface area contributed by atoms with Gasteiger partial charge in [-0.15, -0.1) is 0 Å². The van der Waals surface area contributed by atoms with Gasteiger partial charge in [-0.2, -0.15) is 0 Å². The van der Waals surface area contributed by atoms with E-state index in [2.05, 4.69) is 10.3 Å². The topological polar surface area (TPSA) is 50.9 Å². The number of rotatable bonds is 4. The molecule has 0 aliphatic heterocycles. The minimum atomic E-state index is 0.643. The van der Waals surface area contributed by atoms with Crippen molar-refractivity contribution in [1.82, 2.24) is 4.98 Å². The van der Waals surface area contributed by atoms with Crippen LogP contribution in [0.3, 0.4) is 0 Å². The highest BCUT2D eigenvalue weighted by Crippen LogP contribution is 2.21. The first kappa shape index (κ1) is 13.0. The highest BCUT2D eigenvalue weighted by Gasteiger charge is 2.01. The van der Waals surface area contributed by atoms with Gasteiger partial charge in [0.15, 0.2) is 0 Å². The summed E-state index contributed by atoms with van der Waals surface area (Å²) in [5, 5.41) is 4.58. The molecular formula is C13H13Cl2N3. The molecule has 94 valence electrons. The number of hydrogen-bond acceptors (Lipinski definition) is 3. The third-order valence-electron chi connectivity index (χ3n) is 2.50. The standard InChI is InChI=1S/C13H13Cl2N3/c14-10-2-1-9(13(15)5-10)3-4-18-12-6-11(16)7-17-8-12/h1-2,5-8,18H,3-4,16H2. The maximum Gasteiger partial charge on any atom is 0.0547 e. The van der Waals surface area contributed by atoms with Gasteiger partial charge >= 0.3 is 0 Å². The van der Waals surface area contributed by atoms with Crippen LogP contribution in [0.5, 0.6) is 0 Å². The van der Waals surface area contributed by atoms with Gasteiger partial charge in [0, 0.05) is 22.8 Å². The molecule has 2 rings (SSSR count). The van der Waals surface area contributed by atoms with Crippen LogP contribution in [0.2, 0.25) is 10.0 Å². The fourth-order valence-electron chi connectivity index (χ4n) is 1.62. The molecule has 0 atom stereocenters. The lowest BCUT2D eigenvalue weighted by molar-refractivity contribution is 1.02. The molecule has 0 fully saturated rings. The Balaban J connectivity index is 1.92. The second-order valence-corrected chi connectivity index (χ2v) is 4.76. The van der Waals surface area contributed by atoms with Gasteiger partial charge in [0.25, 0.3) is 0 Å². The molecule has 1 heterocycles. The van der Waals surface area contributed by atoms with Crippen molar-refractivity contribution in [3.05, 3.63) is 52.3 Å². The molecule has 0 radical (unpaired) electrons. The van der Waals surface area contributed by atoms with E-state index in [1.165, 1.54) is 0 Å². The molecule has 18 heavy (non-hydrogen) atoms. The van der Waals surface area contributed by atoms with E-state index >= 15 is 0 Å². The van der Waals surface area contributed by atoms with Crippen LogP contribution >= 0.6 is 23.2 Å². The van der Waals surface area contributed by atoms with Gasteiger partial charge < -0.3 is 11.1 Å². The summed E-state index contributed by atoms with van der Waals surface area (Å²) in [6.07, 6.45) is 4.16. The molecule has 0 aliphatic carbocycles. The number of nitrogens with zero attached hydrogens (tertiary/aromatic N) is 1. The minimum absolute atomic E-state index is 0.643. The Bertz CT molecular complexity index is 544. The van der Waals surface area contributed by atoms with Crippen molar-refractivity contribution in [3.8, 4) is 0 Å². The lowest BCUT2D eigenvalue weighted by atomic mass is 10.1. The molecule has 1 aromatic heterocycles. The molecule has 0 aliphatic rings. The van der Waals surface area contributed by atoms with Crippen LogP contribution in [0, 0.1) is 0 Å². The molecule has 2 aromatic rings. The summed E-state index contributed by atoms with van der Waals surface area (Å²) < 4.78 is 0. The van der Waals surface area contributed by atoms with Gasteiger partial charge in [0.05, 0.1) is 17.6 Å². The highest BCUT2D eigenvalue weighted by molar-refractivity contribution is 6.35. The van der Waals surface area contributed by atoms with Crippen molar-refractivity contribution in [2.45, 2.75) is 6.42 Å². The summed E-state index contributed by atoms with van der Waals surface area (Å²) in [6, 6.07) is 7.37. The molecule has 3 N–H and O–H groups in total. The van der Waals surface area contributed by atoms with Crippen molar-refractivity contribution in [1.29, 1.82) is 0 Å². The Morgan fingerprint density at radius 1 is 1.17 bits per heavy atom. The van der Waals surface area contributed by atoms with Gasteiger partial charge in [0.2, 0.25) is 0 Å². The Morgan fingerprint density at radius 3 is 2.72 bits per heavy atom. The van der Waals surface area contributed by atoms with Crippen molar-refractivity contribution in [2.24, 2.45) is 0 Å². The first-order valence-electron chi connectivity index (χ1n) is 5.53. The van der Waals surface area contributed by atoms with Crippen LogP contribution in [0.4, 0.5) is 11.4 Å². The van der Waals surface area contributed by atoms with E-state index in [1.807, 2.05) is 18.2 Å². The van der Waals surface area contributed by atoms with Gasteiger partial charge in [0.1, 0.15) is 0 Å². The summed E-state index contributed by atoms with van der Waals surface area (Å²) >= 11 is 11.9. The lowest BCUT2D eigenvalue weighted by Crippen LogP contribution is -2.05. The van der Waals surface area contributed by atoms with Crippen LogP contribution in [0.1, 0.15) is 5.56 Å². The predicted molar refractivity (Wildman–Crippen MR) is 77.3 cm³/mol. The van der Waals surface area contributed by atoms with Gasteiger partial charge in [-0.1, -0.05) is 29.3 Å². The van der Waals surface area contributed by atoms with Gasteiger partial charge in [-0.05, 0) is 30.2 Å². The lowest BCUT2D eigenvalue weighted by Gasteiger charge is -2.08. The number of halogens is 2. The fraction of sp³-hybridized carbons (Fsp3) is 0.154. The zero-order chi connectivity index (χ0) is 13.0. The van der Waals surface area contributed by atoms with Crippen molar-refractivity contribution in [2.75, 3.05) is 17.6 Å². The summed E-state index contributed by atoms with van der Waals surface area (Å²) in [5.74, 6) is 0. The van der Waals surface area contributed by atoms with E-state index in [0.717, 1.165) is 24.2 Å². The monoisotopic (exact) mass is 281 g/mol. The number of pyridine rings is 1. The first-order chi connectivity index (χ1) is 8.65. The highest BCUT2D eigenvalue weighted by atomic mass is 35.5. The Hall–Kier alpha value is -1.45. The molecule has 0 amide bonds. The largest absolute Gasteiger partial charge is 0.397 e.